The molecule has 5 heterocycles. The lowest BCUT2D eigenvalue weighted by Crippen LogP contribution is -2.35. The molecule has 1 N–H and O–H groups in total. The largest absolute Gasteiger partial charge is 0.333 e. The number of carbonyl (C=O) groups is 3. The van der Waals surface area contributed by atoms with E-state index < -0.39 is 27.9 Å². The lowest BCUT2D eigenvalue weighted by Gasteiger charge is -2.26. The van der Waals surface area contributed by atoms with E-state index in [0.717, 1.165) is 47.0 Å². The lowest BCUT2D eigenvalue weighted by molar-refractivity contribution is -0.684. The summed E-state index contributed by atoms with van der Waals surface area (Å²) in [5.74, 6) is -0.190. The molecule has 3 aliphatic rings. The van der Waals surface area contributed by atoms with Crippen LogP contribution in [0.3, 0.4) is 0 Å². The fraction of sp³-hybridized carbons (Fsp3) is 0.471. The van der Waals surface area contributed by atoms with E-state index in [2.05, 4.69) is 43.3 Å². The average Bonchev–Trinajstić information content (AvgIpc) is 3.54. The monoisotopic (exact) mass is 664 g/mol. The zero-order valence-corrected chi connectivity index (χ0v) is 28.1. The minimum absolute atomic E-state index is 0.0739. The summed E-state index contributed by atoms with van der Waals surface area (Å²) < 4.78 is 34.2. The van der Waals surface area contributed by atoms with Crippen molar-refractivity contribution < 1.29 is 36.8 Å². The maximum Gasteiger partial charge on any atom is 0.333 e. The zero-order chi connectivity index (χ0) is 34.0. The number of imide groups is 1. The van der Waals surface area contributed by atoms with Gasteiger partial charge in [-0.1, -0.05) is 26.0 Å². The molecule has 47 heavy (non-hydrogen) atoms. The fourth-order valence-corrected chi connectivity index (χ4v) is 6.85. The van der Waals surface area contributed by atoms with Gasteiger partial charge >= 0.3 is 11.8 Å². The van der Waals surface area contributed by atoms with E-state index in [9.17, 15) is 27.4 Å². The highest BCUT2D eigenvalue weighted by Gasteiger charge is 2.43. The van der Waals surface area contributed by atoms with Gasteiger partial charge in [0.1, 0.15) is 5.82 Å². The van der Waals surface area contributed by atoms with Crippen LogP contribution in [0.15, 0.2) is 65.6 Å². The van der Waals surface area contributed by atoms with Crippen molar-refractivity contribution in [1.82, 2.24) is 10.0 Å². The summed E-state index contributed by atoms with van der Waals surface area (Å²) in [6.07, 6.45) is 12.4. The third kappa shape index (κ3) is 7.36. The van der Waals surface area contributed by atoms with Gasteiger partial charge in [-0.25, -0.2) is 14.3 Å². The standard InChI is InChI=1S/C34H41N5O7S/c1-33(2)25-13-10-21-37(20-7-5-6-16-30(42)46-39-28(40)17-18-29(39)41)32(25)36-26(33)14-8-15-27-34(3,4)24-12-9-19-35-31(24)38(27)22-11-23-47(43,44)45/h8-10,12-15,19,21H,5-7,11,16-18,20,22-23H2,1-4H3/p+1. The Labute approximate surface area is 275 Å². The van der Waals surface area contributed by atoms with Crippen LogP contribution in [0, 0.1) is 0 Å². The Hall–Kier alpha value is -4.23. The predicted molar refractivity (Wildman–Crippen MR) is 175 cm³/mol. The van der Waals surface area contributed by atoms with Crippen molar-refractivity contribution in [3.05, 3.63) is 71.7 Å². The molecule has 0 bridgehead atoms. The molecule has 2 aromatic rings. The first-order chi connectivity index (χ1) is 22.2. The van der Waals surface area contributed by atoms with Crippen LogP contribution in [-0.2, 0) is 46.7 Å². The molecule has 1 saturated heterocycles. The van der Waals surface area contributed by atoms with E-state index in [-0.39, 0.29) is 42.3 Å². The number of unbranched alkanes of at least 4 members (excludes halogenated alkanes) is 2. The summed E-state index contributed by atoms with van der Waals surface area (Å²) in [4.78, 5) is 52.0. The minimum Gasteiger partial charge on any atom is -0.330 e. The number of anilines is 1. The van der Waals surface area contributed by atoms with Crippen molar-refractivity contribution in [2.75, 3.05) is 17.2 Å². The topological polar surface area (TPSA) is 150 Å². The first-order valence-corrected chi connectivity index (χ1v) is 17.6. The number of pyridine rings is 2. The molecule has 0 aliphatic carbocycles. The average molecular weight is 665 g/mol. The Balaban J connectivity index is 1.25. The number of aromatic nitrogens is 2. The Morgan fingerprint density at radius 3 is 2.47 bits per heavy atom. The Bertz CT molecular complexity index is 1760. The van der Waals surface area contributed by atoms with Crippen LogP contribution in [0.25, 0.3) is 0 Å². The summed E-state index contributed by atoms with van der Waals surface area (Å²) >= 11 is 0. The smallest absolute Gasteiger partial charge is 0.330 e. The number of hydrogen-bond acceptors (Lipinski definition) is 9. The van der Waals surface area contributed by atoms with Gasteiger partial charge in [-0.15, -0.1) is 5.06 Å². The van der Waals surface area contributed by atoms with Gasteiger partial charge in [0, 0.05) is 48.7 Å². The van der Waals surface area contributed by atoms with Gasteiger partial charge in [0.15, 0.2) is 5.71 Å². The number of allylic oxidation sites excluding steroid dienone is 4. The van der Waals surface area contributed by atoms with Crippen LogP contribution in [0.1, 0.15) is 83.8 Å². The number of aliphatic imine (C=N–C) groups is 1. The van der Waals surface area contributed by atoms with Gasteiger partial charge in [-0.05, 0) is 74.9 Å². The van der Waals surface area contributed by atoms with Crippen LogP contribution in [-0.4, -0.2) is 58.8 Å². The molecule has 0 aromatic carbocycles. The minimum atomic E-state index is -4.07. The molecule has 13 heteroatoms. The van der Waals surface area contributed by atoms with Crippen molar-refractivity contribution in [2.45, 2.75) is 90.0 Å². The molecule has 12 nitrogen and oxygen atoms in total. The maximum absolute atomic E-state index is 12.1. The SMILES string of the molecule is CC1(C)C(=CC=CC2=Nc3c(ccc[n+]3CCCCCC(=O)ON3C(=O)CCC3=O)C2(C)C)N(CCCS(=O)(=O)O)c2ncccc21. The van der Waals surface area contributed by atoms with E-state index in [1.165, 1.54) is 0 Å². The second-order valence-corrected chi connectivity index (χ2v) is 14.7. The maximum atomic E-state index is 12.1. The van der Waals surface area contributed by atoms with Crippen molar-refractivity contribution >= 4 is 45.2 Å². The number of hydroxylamine groups is 2. The van der Waals surface area contributed by atoms with Crippen LogP contribution < -0.4 is 9.47 Å². The molecule has 0 spiro atoms. The quantitative estimate of drug-likeness (QED) is 0.142. The highest BCUT2D eigenvalue weighted by atomic mass is 32.2. The van der Waals surface area contributed by atoms with E-state index >= 15 is 0 Å². The fourth-order valence-electron chi connectivity index (χ4n) is 6.36. The molecule has 0 unspecified atom stereocenters. The number of carbonyl (C=O) groups excluding carboxylic acids is 3. The van der Waals surface area contributed by atoms with Crippen LogP contribution in [0.2, 0.25) is 0 Å². The van der Waals surface area contributed by atoms with E-state index in [4.69, 9.17) is 9.83 Å². The van der Waals surface area contributed by atoms with Crippen LogP contribution >= 0.6 is 0 Å². The first kappa shape index (κ1) is 34.1. The highest BCUT2D eigenvalue weighted by molar-refractivity contribution is 7.85. The summed E-state index contributed by atoms with van der Waals surface area (Å²) in [6.45, 7) is 9.61. The Morgan fingerprint density at radius 2 is 1.74 bits per heavy atom. The summed E-state index contributed by atoms with van der Waals surface area (Å²) in [7, 11) is -4.07. The molecule has 3 aliphatic heterocycles. The van der Waals surface area contributed by atoms with Crippen molar-refractivity contribution in [2.24, 2.45) is 4.99 Å². The van der Waals surface area contributed by atoms with E-state index in [1.807, 2.05) is 47.5 Å². The molecule has 0 atom stereocenters. The predicted octanol–water partition coefficient (Wildman–Crippen LogP) is 4.42. The Morgan fingerprint density at radius 1 is 1.02 bits per heavy atom. The number of nitrogens with zero attached hydrogens (tertiary/aromatic N) is 5. The van der Waals surface area contributed by atoms with Gasteiger partial charge in [-0.2, -0.15) is 8.42 Å². The Kier molecular flexibility index (Phi) is 9.78. The normalized spacial score (nSPS) is 19.1. The third-order valence-electron chi connectivity index (χ3n) is 9.00. The van der Waals surface area contributed by atoms with Crippen molar-refractivity contribution in [3.8, 4) is 0 Å². The van der Waals surface area contributed by atoms with E-state index in [0.29, 0.717) is 24.6 Å². The third-order valence-corrected chi connectivity index (χ3v) is 9.80. The summed E-state index contributed by atoms with van der Waals surface area (Å²) in [5, 5.41) is 0.586. The molecule has 1 fully saturated rings. The number of fused-ring (bicyclic) bond motifs is 2. The zero-order valence-electron chi connectivity index (χ0n) is 27.3. The molecule has 0 radical (unpaired) electrons. The molecule has 250 valence electrons. The van der Waals surface area contributed by atoms with Gasteiger partial charge in [0.2, 0.25) is 0 Å². The highest BCUT2D eigenvalue weighted by Crippen LogP contribution is 2.46. The van der Waals surface area contributed by atoms with Crippen LogP contribution in [0.5, 0.6) is 0 Å². The summed E-state index contributed by atoms with van der Waals surface area (Å²) in [5.41, 5.74) is 3.33. The molecule has 2 amide bonds. The number of hydrogen-bond donors (Lipinski definition) is 1. The van der Waals surface area contributed by atoms with Gasteiger partial charge < -0.3 is 9.74 Å². The van der Waals surface area contributed by atoms with Crippen LogP contribution in [0.4, 0.5) is 11.6 Å². The van der Waals surface area contributed by atoms with Gasteiger partial charge in [0.25, 0.3) is 21.9 Å². The molecular weight excluding hydrogens is 622 g/mol. The second-order valence-electron chi connectivity index (χ2n) is 13.1. The number of aryl methyl sites for hydroxylation is 1. The molecular formula is C34H42N5O7S+. The van der Waals surface area contributed by atoms with E-state index in [1.54, 1.807) is 6.20 Å². The van der Waals surface area contributed by atoms with Gasteiger partial charge in [0.05, 0.1) is 29.5 Å². The number of amides is 2. The number of rotatable bonds is 13. The lowest BCUT2D eigenvalue weighted by atomic mass is 9.82. The molecule has 5 rings (SSSR count). The molecule has 0 saturated carbocycles. The second kappa shape index (κ2) is 13.5. The van der Waals surface area contributed by atoms with Crippen molar-refractivity contribution in [3.63, 3.8) is 0 Å². The summed E-state index contributed by atoms with van der Waals surface area (Å²) in [6, 6.07) is 8.04. The van der Waals surface area contributed by atoms with Crippen molar-refractivity contribution in [1.29, 1.82) is 0 Å². The first-order valence-electron chi connectivity index (χ1n) is 16.0. The molecule has 2 aromatic heterocycles. The van der Waals surface area contributed by atoms with Gasteiger partial charge in [-0.3, -0.25) is 14.1 Å².